The Morgan fingerprint density at radius 3 is 2.73 bits per heavy atom. The maximum Gasteiger partial charge on any atom is 0.215 e. The van der Waals surface area contributed by atoms with Crippen LogP contribution in [0.2, 0.25) is 0 Å². The van der Waals surface area contributed by atoms with Gasteiger partial charge in [-0.1, -0.05) is 6.92 Å². The number of nitrogens with zero attached hydrogens (tertiary/aromatic N) is 2. The van der Waals surface area contributed by atoms with Crippen LogP contribution in [0.25, 0.3) is 0 Å². The van der Waals surface area contributed by atoms with E-state index < -0.39 is 0 Å². The predicted octanol–water partition coefficient (Wildman–Crippen LogP) is 1.91. The highest BCUT2D eigenvalue weighted by molar-refractivity contribution is 5.63. The van der Waals surface area contributed by atoms with Gasteiger partial charge in [0.1, 0.15) is 0 Å². The molecule has 1 aromatic heterocycles. The first-order chi connectivity index (χ1) is 7.10. The largest absolute Gasteiger partial charge is 0.481 e. The molecule has 0 aliphatic heterocycles. The zero-order valence-corrected chi connectivity index (χ0v) is 9.82. The Morgan fingerprint density at radius 2 is 2.20 bits per heavy atom. The molecule has 0 saturated heterocycles. The summed E-state index contributed by atoms with van der Waals surface area (Å²) in [6.07, 6.45) is 1.05. The normalized spacial score (nSPS) is 12.3. The van der Waals surface area contributed by atoms with Gasteiger partial charge in [-0.2, -0.15) is 4.98 Å². The molecule has 84 valence electrons. The number of rotatable bonds is 4. The van der Waals surface area contributed by atoms with Gasteiger partial charge < -0.3 is 15.4 Å². The number of ether oxygens (including phenoxy) is 1. The summed E-state index contributed by atoms with van der Waals surface area (Å²) in [6, 6.07) is 4.00. The lowest BCUT2D eigenvalue weighted by Crippen LogP contribution is -2.29. The summed E-state index contributed by atoms with van der Waals surface area (Å²) in [6.45, 7) is 4.28. The van der Waals surface area contributed by atoms with Gasteiger partial charge >= 0.3 is 0 Å². The molecule has 0 spiro atoms. The van der Waals surface area contributed by atoms with Gasteiger partial charge in [-0.05, 0) is 19.4 Å². The van der Waals surface area contributed by atoms with Crippen LogP contribution >= 0.6 is 0 Å². The average Bonchev–Trinajstić information content (AvgIpc) is 2.27. The van der Waals surface area contributed by atoms with Crippen LogP contribution in [0.4, 0.5) is 11.5 Å². The van der Waals surface area contributed by atoms with Gasteiger partial charge in [-0.15, -0.1) is 0 Å². The van der Waals surface area contributed by atoms with E-state index >= 15 is 0 Å². The van der Waals surface area contributed by atoms with Crippen LogP contribution in [-0.4, -0.2) is 25.2 Å². The van der Waals surface area contributed by atoms with Crippen molar-refractivity contribution >= 4 is 11.5 Å². The first-order valence-electron chi connectivity index (χ1n) is 5.13. The summed E-state index contributed by atoms with van der Waals surface area (Å²) in [5, 5.41) is 0. The molecular weight excluding hydrogens is 190 g/mol. The van der Waals surface area contributed by atoms with Crippen molar-refractivity contribution in [2.45, 2.75) is 26.3 Å². The highest BCUT2D eigenvalue weighted by Gasteiger charge is 2.13. The molecule has 0 fully saturated rings. The van der Waals surface area contributed by atoms with E-state index in [1.165, 1.54) is 0 Å². The smallest absolute Gasteiger partial charge is 0.215 e. The van der Waals surface area contributed by atoms with E-state index in [0.717, 1.165) is 12.2 Å². The summed E-state index contributed by atoms with van der Waals surface area (Å²) in [5.41, 5.74) is 6.56. The second-order valence-electron chi connectivity index (χ2n) is 3.63. The molecule has 0 radical (unpaired) electrons. The van der Waals surface area contributed by atoms with Crippen LogP contribution in [0.1, 0.15) is 20.3 Å². The third kappa shape index (κ3) is 2.52. The topological polar surface area (TPSA) is 51.4 Å². The third-order valence-electron chi connectivity index (χ3n) is 2.67. The number of aromatic nitrogens is 1. The molecule has 0 amide bonds. The minimum absolute atomic E-state index is 0.409. The van der Waals surface area contributed by atoms with Gasteiger partial charge in [0.05, 0.1) is 12.8 Å². The van der Waals surface area contributed by atoms with E-state index in [-0.39, 0.29) is 0 Å². The van der Waals surface area contributed by atoms with Gasteiger partial charge in [0, 0.05) is 19.2 Å². The van der Waals surface area contributed by atoms with Crippen LogP contribution in [0.3, 0.4) is 0 Å². The van der Waals surface area contributed by atoms with Crippen molar-refractivity contribution in [2.75, 3.05) is 24.8 Å². The molecule has 0 aliphatic rings. The van der Waals surface area contributed by atoms with Crippen LogP contribution in [0, 0.1) is 0 Å². The molecule has 4 heteroatoms. The fourth-order valence-corrected chi connectivity index (χ4v) is 1.32. The molecule has 15 heavy (non-hydrogen) atoms. The van der Waals surface area contributed by atoms with Crippen molar-refractivity contribution in [3.63, 3.8) is 0 Å². The van der Waals surface area contributed by atoms with Crippen molar-refractivity contribution in [2.24, 2.45) is 0 Å². The fourth-order valence-electron chi connectivity index (χ4n) is 1.32. The van der Waals surface area contributed by atoms with Crippen molar-refractivity contribution in [3.8, 4) is 5.88 Å². The molecule has 0 saturated carbocycles. The van der Waals surface area contributed by atoms with Crippen LogP contribution in [-0.2, 0) is 0 Å². The standard InChI is InChI=1S/C11H19N3O/c1-5-8(2)14(3)11-9(12)6-7-10(13-11)15-4/h6-8H,5,12H2,1-4H3. The van der Waals surface area contributed by atoms with Gasteiger partial charge in [-0.25, -0.2) is 0 Å². The average molecular weight is 209 g/mol. The van der Waals surface area contributed by atoms with Crippen molar-refractivity contribution in [3.05, 3.63) is 12.1 Å². The van der Waals surface area contributed by atoms with Crippen LogP contribution in [0.5, 0.6) is 5.88 Å². The number of nitrogen functional groups attached to an aromatic ring is 1. The number of anilines is 2. The molecule has 0 bridgehead atoms. The lowest BCUT2D eigenvalue weighted by Gasteiger charge is -2.26. The molecule has 4 nitrogen and oxygen atoms in total. The molecule has 0 aliphatic carbocycles. The van der Waals surface area contributed by atoms with Crippen molar-refractivity contribution in [1.29, 1.82) is 0 Å². The Hall–Kier alpha value is -1.45. The fraction of sp³-hybridized carbons (Fsp3) is 0.545. The van der Waals surface area contributed by atoms with Gasteiger partial charge in [0.25, 0.3) is 0 Å². The summed E-state index contributed by atoms with van der Waals surface area (Å²) in [4.78, 5) is 6.41. The third-order valence-corrected chi connectivity index (χ3v) is 2.67. The molecule has 1 aromatic rings. The molecule has 1 rings (SSSR count). The Bertz CT molecular complexity index is 328. The first-order valence-corrected chi connectivity index (χ1v) is 5.13. The maximum atomic E-state index is 5.88. The number of nitrogens with two attached hydrogens (primary N) is 1. The number of hydrogen-bond acceptors (Lipinski definition) is 4. The Labute approximate surface area is 91.1 Å². The minimum atomic E-state index is 0.409. The van der Waals surface area contributed by atoms with Gasteiger partial charge in [0.2, 0.25) is 5.88 Å². The lowest BCUT2D eigenvalue weighted by atomic mass is 10.2. The quantitative estimate of drug-likeness (QED) is 0.823. The Morgan fingerprint density at radius 1 is 1.53 bits per heavy atom. The predicted molar refractivity (Wildman–Crippen MR) is 63.4 cm³/mol. The maximum absolute atomic E-state index is 5.88. The molecular formula is C11H19N3O. The van der Waals surface area contributed by atoms with E-state index in [2.05, 4.69) is 23.7 Å². The SMILES string of the molecule is CCC(C)N(C)c1nc(OC)ccc1N. The van der Waals surface area contributed by atoms with E-state index in [4.69, 9.17) is 10.5 Å². The summed E-state index contributed by atoms with van der Waals surface area (Å²) in [5.74, 6) is 1.37. The summed E-state index contributed by atoms with van der Waals surface area (Å²) >= 11 is 0. The van der Waals surface area contributed by atoms with E-state index in [0.29, 0.717) is 17.6 Å². The molecule has 1 atom stereocenters. The zero-order chi connectivity index (χ0) is 11.4. The summed E-state index contributed by atoms with van der Waals surface area (Å²) < 4.78 is 5.08. The molecule has 1 heterocycles. The Kier molecular flexibility index (Phi) is 3.77. The van der Waals surface area contributed by atoms with E-state index in [1.54, 1.807) is 13.2 Å². The number of methoxy groups -OCH3 is 1. The number of hydrogen-bond donors (Lipinski definition) is 1. The molecule has 0 aromatic carbocycles. The molecule has 1 unspecified atom stereocenters. The van der Waals surface area contributed by atoms with Crippen LogP contribution < -0.4 is 15.4 Å². The highest BCUT2D eigenvalue weighted by atomic mass is 16.5. The first kappa shape index (κ1) is 11.6. The van der Waals surface area contributed by atoms with Crippen molar-refractivity contribution < 1.29 is 4.74 Å². The second kappa shape index (κ2) is 4.87. The molecule has 2 N–H and O–H groups in total. The van der Waals surface area contributed by atoms with Crippen LogP contribution in [0.15, 0.2) is 12.1 Å². The second-order valence-corrected chi connectivity index (χ2v) is 3.63. The van der Waals surface area contributed by atoms with Gasteiger partial charge in [-0.3, -0.25) is 0 Å². The summed E-state index contributed by atoms with van der Waals surface area (Å²) in [7, 11) is 3.60. The minimum Gasteiger partial charge on any atom is -0.481 e. The number of pyridine rings is 1. The van der Waals surface area contributed by atoms with Crippen molar-refractivity contribution in [1.82, 2.24) is 4.98 Å². The zero-order valence-electron chi connectivity index (χ0n) is 9.82. The highest BCUT2D eigenvalue weighted by Crippen LogP contribution is 2.24. The van der Waals surface area contributed by atoms with Gasteiger partial charge in [0.15, 0.2) is 5.82 Å². The van der Waals surface area contributed by atoms with E-state index in [1.807, 2.05) is 13.1 Å². The van der Waals surface area contributed by atoms with E-state index in [9.17, 15) is 0 Å². The monoisotopic (exact) mass is 209 g/mol. The Balaban J connectivity index is 3.01. The lowest BCUT2D eigenvalue weighted by molar-refractivity contribution is 0.398.